The Morgan fingerprint density at radius 2 is 1.60 bits per heavy atom. The Labute approximate surface area is 300 Å². The molecule has 7 aromatic rings. The van der Waals surface area contributed by atoms with Crippen LogP contribution in [0, 0.1) is 23.9 Å². The van der Waals surface area contributed by atoms with Gasteiger partial charge in [-0.05, 0) is 63.5 Å². The van der Waals surface area contributed by atoms with E-state index in [0.717, 1.165) is 53.8 Å². The summed E-state index contributed by atoms with van der Waals surface area (Å²) in [5.41, 5.74) is 6.33. The van der Waals surface area contributed by atoms with Crippen LogP contribution in [-0.2, 0) is 26.5 Å². The predicted molar refractivity (Wildman–Crippen MR) is 197 cm³/mol. The first-order valence-electron chi connectivity index (χ1n) is 16.5. The van der Waals surface area contributed by atoms with Crippen molar-refractivity contribution in [2.75, 3.05) is 0 Å². The van der Waals surface area contributed by atoms with Gasteiger partial charge in [0.05, 0.1) is 0 Å². The number of rotatable bonds is 6. The average molecular weight is 876 g/mol. The van der Waals surface area contributed by atoms with Crippen molar-refractivity contribution in [1.82, 2.24) is 9.97 Å². The molecule has 3 heterocycles. The summed E-state index contributed by atoms with van der Waals surface area (Å²) >= 11 is -0.0402. The van der Waals surface area contributed by atoms with Gasteiger partial charge < -0.3 is 4.98 Å². The van der Waals surface area contributed by atoms with E-state index >= 15 is 0 Å². The molecule has 0 saturated carbocycles. The Bertz CT molecular complexity index is 2180. The minimum atomic E-state index is -1.72. The Morgan fingerprint density at radius 1 is 0.809 bits per heavy atom. The van der Waals surface area contributed by atoms with E-state index in [-0.39, 0.29) is 31.8 Å². The molecule has 0 unspecified atom stereocenters. The number of fused-ring (bicyclic) bond motifs is 3. The van der Waals surface area contributed by atoms with Gasteiger partial charge in [0, 0.05) is 33.7 Å². The molecule has 0 atom stereocenters. The maximum Gasteiger partial charge on any atom is 0 e. The van der Waals surface area contributed by atoms with E-state index in [2.05, 4.69) is 75.8 Å². The fraction of sp³-hybridized carbons (Fsp3) is 0.171. The number of halogens is 1. The van der Waals surface area contributed by atoms with E-state index < -0.39 is 19.6 Å². The summed E-state index contributed by atoms with van der Waals surface area (Å²) in [6, 6.07) is 39.2. The number of aromatic nitrogens is 2. The predicted octanol–water partition coefficient (Wildman–Crippen LogP) is 11.0. The SMILES string of the molecule is [2H]C([2H])(c1ccnc(-c2[c-]ccc3c2sc2cc(-c4ccc(F)cc4)ccc23)c1)C(C)C.[CH3][Ge]([CH3])([CH3])[c]1ccc(-c2[c-]cccc2)nc1.[Ir]. The molecule has 0 bridgehead atoms. The van der Waals surface area contributed by atoms with E-state index in [1.165, 1.54) is 16.5 Å². The molecular formula is C41H37FGeIrN2S-2. The van der Waals surface area contributed by atoms with Crippen LogP contribution in [0.2, 0.25) is 17.3 Å². The summed E-state index contributed by atoms with van der Waals surface area (Å²) in [5, 5.41) is 2.28. The smallest absolute Gasteiger partial charge is 0 e. The topological polar surface area (TPSA) is 25.8 Å². The first-order chi connectivity index (χ1) is 22.9. The van der Waals surface area contributed by atoms with Gasteiger partial charge in [-0.3, -0.25) is 0 Å². The van der Waals surface area contributed by atoms with Crippen molar-refractivity contribution < 1.29 is 27.2 Å². The third-order valence-electron chi connectivity index (χ3n) is 7.70. The summed E-state index contributed by atoms with van der Waals surface area (Å²) < 4.78 is 33.9. The molecule has 6 heteroatoms. The van der Waals surface area contributed by atoms with Gasteiger partial charge in [-0.25, -0.2) is 4.39 Å². The molecular weight excluding hydrogens is 836 g/mol. The molecule has 0 saturated heterocycles. The van der Waals surface area contributed by atoms with Crippen molar-refractivity contribution in [3.05, 3.63) is 139 Å². The van der Waals surface area contributed by atoms with Crippen LogP contribution in [-0.4, -0.2) is 23.2 Å². The number of pyridine rings is 2. The van der Waals surface area contributed by atoms with Gasteiger partial charge >= 0.3 is 99.8 Å². The van der Waals surface area contributed by atoms with Crippen molar-refractivity contribution in [1.29, 1.82) is 0 Å². The van der Waals surface area contributed by atoms with Crippen LogP contribution in [0.5, 0.6) is 0 Å². The summed E-state index contributed by atoms with van der Waals surface area (Å²) in [6.07, 6.45) is 2.28. The maximum atomic E-state index is 13.3. The summed E-state index contributed by atoms with van der Waals surface area (Å²) in [5.74, 6) is 6.75. The van der Waals surface area contributed by atoms with Gasteiger partial charge in [-0.2, -0.15) is 11.3 Å². The summed E-state index contributed by atoms with van der Waals surface area (Å²) in [7, 11) is 0. The zero-order chi connectivity index (χ0) is 34.1. The minimum absolute atomic E-state index is 0. The van der Waals surface area contributed by atoms with E-state index in [4.69, 9.17) is 2.74 Å². The average Bonchev–Trinajstić information content (AvgIpc) is 3.47. The molecule has 2 nitrogen and oxygen atoms in total. The Balaban J connectivity index is 0.000000233. The molecule has 0 aliphatic rings. The van der Waals surface area contributed by atoms with Crippen molar-refractivity contribution in [2.24, 2.45) is 5.92 Å². The molecule has 239 valence electrons. The number of benzene rings is 4. The molecule has 1 radical (unpaired) electrons. The van der Waals surface area contributed by atoms with Crippen LogP contribution in [0.3, 0.4) is 0 Å². The summed E-state index contributed by atoms with van der Waals surface area (Å²) in [6.45, 7) is 3.77. The molecule has 0 spiro atoms. The monoisotopic (exact) mass is 877 g/mol. The molecule has 3 aromatic heterocycles. The van der Waals surface area contributed by atoms with Crippen LogP contribution in [0.25, 0.3) is 53.8 Å². The number of thiophene rings is 1. The van der Waals surface area contributed by atoms with Crippen molar-refractivity contribution in [3.8, 4) is 33.6 Å². The molecule has 7 rings (SSSR count). The summed E-state index contributed by atoms with van der Waals surface area (Å²) in [4.78, 5) is 9.08. The van der Waals surface area contributed by atoms with E-state index in [1.807, 2.05) is 56.4 Å². The molecule has 47 heavy (non-hydrogen) atoms. The molecule has 0 fully saturated rings. The molecule has 0 aliphatic heterocycles. The molecule has 0 aliphatic carbocycles. The molecule has 0 amide bonds. The standard InChI is InChI=1S/C27H21FNS.C14H16GeN.Ir/c1-17(2)14-18-12-13-29-25(15-18)24-5-3-4-23-22-11-8-20(16-26(22)30-27(23)24)19-6-9-21(28)10-7-19;1-15(2,3)13-9-10-14(16-11-13)12-7-5-4-6-8-12;/h3-4,6-13,15-17H,14H2,1-2H3;4-7,9-11H,1-3H3;/q2*-1;/i14D2;;. The van der Waals surface area contributed by atoms with E-state index in [0.29, 0.717) is 5.56 Å². The quantitative estimate of drug-likeness (QED) is 0.123. The number of hydrogen-bond acceptors (Lipinski definition) is 3. The fourth-order valence-electron chi connectivity index (χ4n) is 5.29. The van der Waals surface area contributed by atoms with Crippen LogP contribution in [0.4, 0.5) is 4.39 Å². The second-order valence-electron chi connectivity index (χ2n) is 12.6. The van der Waals surface area contributed by atoms with E-state index in [1.54, 1.807) is 35.7 Å². The normalized spacial score (nSPS) is 12.2. The van der Waals surface area contributed by atoms with Gasteiger partial charge in [-0.15, -0.1) is 23.8 Å². The zero-order valence-electron chi connectivity index (χ0n) is 29.1. The first kappa shape index (κ1) is 32.1. The Morgan fingerprint density at radius 3 is 2.28 bits per heavy atom. The molecule has 0 N–H and O–H groups in total. The second-order valence-corrected chi connectivity index (χ2v) is 24.3. The van der Waals surface area contributed by atoms with E-state index in [9.17, 15) is 4.39 Å². The maximum absolute atomic E-state index is 13.3. The first-order valence-corrected chi connectivity index (χ1v) is 23.6. The van der Waals surface area contributed by atoms with Gasteiger partial charge in [0.25, 0.3) is 0 Å². The largest absolute Gasteiger partial charge is 0 e. The second kappa shape index (κ2) is 15.2. The van der Waals surface area contributed by atoms with Crippen LogP contribution >= 0.6 is 11.3 Å². The molecule has 4 aromatic carbocycles. The van der Waals surface area contributed by atoms with Crippen LogP contribution < -0.4 is 4.40 Å². The number of hydrogen-bond donors (Lipinski definition) is 0. The Kier molecular flexibility index (Phi) is 10.4. The van der Waals surface area contributed by atoms with Gasteiger partial charge in [0.15, 0.2) is 0 Å². The van der Waals surface area contributed by atoms with Crippen molar-refractivity contribution in [2.45, 2.75) is 37.5 Å². The van der Waals surface area contributed by atoms with Gasteiger partial charge in [-0.1, -0.05) is 55.1 Å². The van der Waals surface area contributed by atoms with Crippen molar-refractivity contribution in [3.63, 3.8) is 0 Å². The fourth-order valence-corrected chi connectivity index (χ4v) is 8.71. The van der Waals surface area contributed by atoms with Gasteiger partial charge in [0.2, 0.25) is 0 Å². The van der Waals surface area contributed by atoms with Gasteiger partial charge in [0.1, 0.15) is 5.82 Å². The Hall–Kier alpha value is -3.48. The number of nitrogens with zero attached hydrogens (tertiary/aromatic N) is 2. The third kappa shape index (κ3) is 8.34. The zero-order valence-corrected chi connectivity index (χ0v) is 32.4. The van der Waals surface area contributed by atoms with Crippen LogP contribution in [0.1, 0.15) is 22.2 Å². The van der Waals surface area contributed by atoms with Crippen molar-refractivity contribution >= 4 is 49.2 Å². The third-order valence-corrected chi connectivity index (χ3v) is 13.1. The minimum Gasteiger partial charge on any atom is 0 e. The van der Waals surface area contributed by atoms with Crippen LogP contribution in [0.15, 0.2) is 116 Å².